The van der Waals surface area contributed by atoms with Gasteiger partial charge in [0.2, 0.25) is 0 Å². The molecule has 0 saturated carbocycles. The summed E-state index contributed by atoms with van der Waals surface area (Å²) in [6.45, 7) is 0. The predicted molar refractivity (Wildman–Crippen MR) is 76.9 cm³/mol. The van der Waals surface area contributed by atoms with Crippen molar-refractivity contribution in [1.82, 2.24) is 15.3 Å². The highest BCUT2D eigenvalue weighted by Gasteiger charge is 2.13. The predicted octanol–water partition coefficient (Wildman–Crippen LogP) is 2.94. The van der Waals surface area contributed by atoms with Gasteiger partial charge in [0.05, 0.1) is 17.9 Å². The van der Waals surface area contributed by atoms with Gasteiger partial charge in [-0.1, -0.05) is 36.4 Å². The zero-order chi connectivity index (χ0) is 13.1. The first kappa shape index (κ1) is 11.8. The molecule has 0 spiro atoms. The molecule has 0 aliphatic heterocycles. The fourth-order valence-electron chi connectivity index (χ4n) is 2.33. The third-order valence-corrected chi connectivity index (χ3v) is 3.27. The van der Waals surface area contributed by atoms with Crippen LogP contribution in [0.1, 0.15) is 17.3 Å². The van der Waals surface area contributed by atoms with Gasteiger partial charge in [-0.15, -0.1) is 0 Å². The Balaban J connectivity index is 2.06. The van der Waals surface area contributed by atoms with E-state index in [4.69, 9.17) is 0 Å². The third kappa shape index (κ3) is 2.33. The van der Waals surface area contributed by atoms with E-state index < -0.39 is 0 Å². The largest absolute Gasteiger partial charge is 0.308 e. The Kier molecular flexibility index (Phi) is 3.21. The van der Waals surface area contributed by atoms with E-state index in [1.54, 1.807) is 18.6 Å². The molecule has 1 atom stereocenters. The van der Waals surface area contributed by atoms with Crippen molar-refractivity contribution >= 4 is 10.8 Å². The van der Waals surface area contributed by atoms with Gasteiger partial charge in [0.25, 0.3) is 0 Å². The van der Waals surface area contributed by atoms with Crippen molar-refractivity contribution in [2.45, 2.75) is 6.04 Å². The molecular weight excluding hydrogens is 234 g/mol. The average Bonchev–Trinajstić information content (AvgIpc) is 2.49. The second-order valence-corrected chi connectivity index (χ2v) is 4.46. The first-order valence-electron chi connectivity index (χ1n) is 6.30. The van der Waals surface area contributed by atoms with Crippen LogP contribution >= 0.6 is 0 Å². The Hall–Kier alpha value is -2.26. The number of aromatic nitrogens is 2. The van der Waals surface area contributed by atoms with Crippen LogP contribution in [0, 0.1) is 0 Å². The van der Waals surface area contributed by atoms with E-state index >= 15 is 0 Å². The van der Waals surface area contributed by atoms with Crippen LogP contribution in [0.5, 0.6) is 0 Å². The first-order chi connectivity index (χ1) is 9.38. The van der Waals surface area contributed by atoms with Gasteiger partial charge in [-0.3, -0.25) is 9.97 Å². The fourth-order valence-corrected chi connectivity index (χ4v) is 2.33. The summed E-state index contributed by atoms with van der Waals surface area (Å²) in [7, 11) is 1.94. The minimum Gasteiger partial charge on any atom is -0.308 e. The maximum absolute atomic E-state index is 4.38. The molecule has 0 aliphatic carbocycles. The maximum Gasteiger partial charge on any atom is 0.0801 e. The summed E-state index contributed by atoms with van der Waals surface area (Å²) < 4.78 is 0. The Morgan fingerprint density at radius 2 is 1.84 bits per heavy atom. The zero-order valence-corrected chi connectivity index (χ0v) is 10.7. The van der Waals surface area contributed by atoms with Crippen molar-refractivity contribution in [1.29, 1.82) is 0 Å². The average molecular weight is 249 g/mol. The van der Waals surface area contributed by atoms with Crippen LogP contribution in [0.2, 0.25) is 0 Å². The molecule has 1 heterocycles. The smallest absolute Gasteiger partial charge is 0.0801 e. The molecule has 1 unspecified atom stereocenters. The van der Waals surface area contributed by atoms with Gasteiger partial charge in [0.1, 0.15) is 0 Å². The van der Waals surface area contributed by atoms with E-state index in [1.165, 1.54) is 16.3 Å². The molecule has 3 heteroatoms. The third-order valence-electron chi connectivity index (χ3n) is 3.27. The van der Waals surface area contributed by atoms with Crippen molar-refractivity contribution in [3.63, 3.8) is 0 Å². The van der Waals surface area contributed by atoms with Crippen molar-refractivity contribution in [2.24, 2.45) is 0 Å². The number of hydrogen-bond acceptors (Lipinski definition) is 3. The number of nitrogens with one attached hydrogen (secondary N) is 1. The molecule has 0 bridgehead atoms. The van der Waals surface area contributed by atoms with E-state index in [0.717, 1.165) is 5.69 Å². The normalized spacial score (nSPS) is 12.5. The Bertz CT molecular complexity index is 680. The highest BCUT2D eigenvalue weighted by atomic mass is 14.9. The van der Waals surface area contributed by atoms with Gasteiger partial charge >= 0.3 is 0 Å². The molecule has 1 aromatic heterocycles. The number of hydrogen-bond donors (Lipinski definition) is 1. The van der Waals surface area contributed by atoms with Gasteiger partial charge in [-0.05, 0) is 29.4 Å². The minimum atomic E-state index is 0.0679. The second kappa shape index (κ2) is 5.16. The summed E-state index contributed by atoms with van der Waals surface area (Å²) in [5.74, 6) is 0. The fraction of sp³-hybridized carbons (Fsp3) is 0.125. The Morgan fingerprint density at radius 3 is 2.58 bits per heavy atom. The lowest BCUT2D eigenvalue weighted by Crippen LogP contribution is -2.18. The van der Waals surface area contributed by atoms with Crippen LogP contribution in [0.15, 0.2) is 61.1 Å². The molecule has 0 radical (unpaired) electrons. The summed E-state index contributed by atoms with van der Waals surface area (Å²) in [4.78, 5) is 8.52. The van der Waals surface area contributed by atoms with Crippen LogP contribution in [0.25, 0.3) is 10.8 Å². The molecular formula is C16H15N3. The highest BCUT2D eigenvalue weighted by molar-refractivity contribution is 5.83. The molecule has 19 heavy (non-hydrogen) atoms. The minimum absolute atomic E-state index is 0.0679. The monoisotopic (exact) mass is 249 g/mol. The topological polar surface area (TPSA) is 37.8 Å². The molecule has 3 nitrogen and oxygen atoms in total. The number of benzene rings is 2. The summed E-state index contributed by atoms with van der Waals surface area (Å²) in [6.07, 6.45) is 5.22. The first-order valence-corrected chi connectivity index (χ1v) is 6.30. The lowest BCUT2D eigenvalue weighted by Gasteiger charge is -2.16. The van der Waals surface area contributed by atoms with E-state index in [-0.39, 0.29) is 6.04 Å². The lowest BCUT2D eigenvalue weighted by molar-refractivity contribution is 0.667. The summed E-state index contributed by atoms with van der Waals surface area (Å²) >= 11 is 0. The van der Waals surface area contributed by atoms with Crippen LogP contribution in [-0.4, -0.2) is 17.0 Å². The molecule has 2 aromatic carbocycles. The van der Waals surface area contributed by atoms with Crippen molar-refractivity contribution in [2.75, 3.05) is 7.05 Å². The van der Waals surface area contributed by atoms with E-state index in [2.05, 4.69) is 57.7 Å². The van der Waals surface area contributed by atoms with Crippen molar-refractivity contribution in [3.05, 3.63) is 72.3 Å². The number of nitrogens with zero attached hydrogens (tertiary/aromatic N) is 2. The van der Waals surface area contributed by atoms with Crippen molar-refractivity contribution in [3.8, 4) is 0 Å². The van der Waals surface area contributed by atoms with Crippen molar-refractivity contribution < 1.29 is 0 Å². The summed E-state index contributed by atoms with van der Waals surface area (Å²) in [6, 6.07) is 14.9. The van der Waals surface area contributed by atoms with E-state index in [0.29, 0.717) is 0 Å². The van der Waals surface area contributed by atoms with Gasteiger partial charge in [0.15, 0.2) is 0 Å². The van der Waals surface area contributed by atoms with Crippen LogP contribution in [-0.2, 0) is 0 Å². The highest BCUT2D eigenvalue weighted by Crippen LogP contribution is 2.23. The SMILES string of the molecule is CNC(c1ccc2ccccc2c1)c1cnccn1. The Labute approximate surface area is 112 Å². The maximum atomic E-state index is 4.38. The summed E-state index contributed by atoms with van der Waals surface area (Å²) in [5.41, 5.74) is 2.13. The number of fused-ring (bicyclic) bond motifs is 1. The van der Waals surface area contributed by atoms with Gasteiger partial charge in [-0.25, -0.2) is 0 Å². The molecule has 3 rings (SSSR count). The lowest BCUT2D eigenvalue weighted by atomic mass is 10.00. The molecule has 0 saturated heterocycles. The quantitative estimate of drug-likeness (QED) is 0.775. The molecule has 94 valence electrons. The molecule has 0 fully saturated rings. The number of rotatable bonds is 3. The zero-order valence-electron chi connectivity index (χ0n) is 10.7. The molecule has 3 aromatic rings. The van der Waals surface area contributed by atoms with Gasteiger partial charge in [0, 0.05) is 12.4 Å². The molecule has 0 amide bonds. The van der Waals surface area contributed by atoms with E-state index in [1.807, 2.05) is 7.05 Å². The Morgan fingerprint density at radius 1 is 1.00 bits per heavy atom. The standard InChI is InChI=1S/C16H15N3/c1-17-16(15-11-18-8-9-19-15)14-7-6-12-4-2-3-5-13(12)10-14/h2-11,16-17H,1H3. The van der Waals surface area contributed by atoms with Gasteiger partial charge in [-0.2, -0.15) is 0 Å². The molecule has 1 N–H and O–H groups in total. The summed E-state index contributed by atoms with van der Waals surface area (Å²) in [5, 5.41) is 5.79. The van der Waals surface area contributed by atoms with Crippen LogP contribution in [0.4, 0.5) is 0 Å². The van der Waals surface area contributed by atoms with Crippen LogP contribution < -0.4 is 5.32 Å². The van der Waals surface area contributed by atoms with E-state index in [9.17, 15) is 0 Å². The second-order valence-electron chi connectivity index (χ2n) is 4.46. The van der Waals surface area contributed by atoms with Gasteiger partial charge < -0.3 is 5.32 Å². The van der Waals surface area contributed by atoms with Crippen LogP contribution in [0.3, 0.4) is 0 Å². The molecule has 0 aliphatic rings.